The van der Waals surface area contributed by atoms with E-state index in [-0.39, 0.29) is 6.61 Å². The van der Waals surface area contributed by atoms with Gasteiger partial charge >= 0.3 is 0 Å². The van der Waals surface area contributed by atoms with Crippen molar-refractivity contribution in [1.82, 2.24) is 19.8 Å². The van der Waals surface area contributed by atoms with Crippen LogP contribution in [0, 0.1) is 0 Å². The molecule has 0 aliphatic rings. The van der Waals surface area contributed by atoms with Gasteiger partial charge in [0.1, 0.15) is 17.5 Å². The number of fused-ring (bicyclic) bond motifs is 1. The van der Waals surface area contributed by atoms with Crippen molar-refractivity contribution in [2.75, 3.05) is 0 Å². The van der Waals surface area contributed by atoms with Crippen molar-refractivity contribution in [3.8, 4) is 5.75 Å². The Morgan fingerprint density at radius 3 is 2.58 bits per heavy atom. The molecule has 0 aliphatic carbocycles. The van der Waals surface area contributed by atoms with Crippen molar-refractivity contribution >= 4 is 28.8 Å². The summed E-state index contributed by atoms with van der Waals surface area (Å²) in [6, 6.07) is 10.5. The maximum Gasteiger partial charge on any atom is 0.192 e. The number of benzene rings is 1. The van der Waals surface area contributed by atoms with Gasteiger partial charge in [-0.3, -0.25) is 0 Å². The Hall–Kier alpha value is -1.85. The number of hydrogen-bond acceptors (Lipinski definition) is 4. The Labute approximate surface area is 118 Å². The van der Waals surface area contributed by atoms with Crippen LogP contribution in [0.3, 0.4) is 0 Å². The van der Waals surface area contributed by atoms with E-state index in [0.717, 1.165) is 0 Å². The van der Waals surface area contributed by atoms with Gasteiger partial charge in [-0.1, -0.05) is 23.2 Å². The minimum atomic E-state index is 0.246. The van der Waals surface area contributed by atoms with E-state index in [9.17, 15) is 0 Å². The van der Waals surface area contributed by atoms with Crippen LogP contribution in [0.25, 0.3) is 5.65 Å². The fraction of sp³-hybridized carbons (Fsp3) is 0.0833. The van der Waals surface area contributed by atoms with E-state index < -0.39 is 0 Å². The quantitative estimate of drug-likeness (QED) is 0.745. The highest BCUT2D eigenvalue weighted by Gasteiger charge is 2.07. The fourth-order valence-corrected chi connectivity index (χ4v) is 1.84. The van der Waals surface area contributed by atoms with Crippen molar-refractivity contribution in [2.24, 2.45) is 0 Å². The predicted octanol–water partition coefficient (Wildman–Crippen LogP) is 3.01. The SMILES string of the molecule is Clc1ccc(OCc2nnc3ccc(Cl)nn23)cc1. The average molecular weight is 295 g/mol. The van der Waals surface area contributed by atoms with Crippen molar-refractivity contribution in [2.45, 2.75) is 6.61 Å². The Balaban J connectivity index is 1.81. The van der Waals surface area contributed by atoms with Crippen LogP contribution in [0.1, 0.15) is 5.82 Å². The molecule has 1 aromatic carbocycles. The largest absolute Gasteiger partial charge is 0.486 e. The first kappa shape index (κ1) is 12.2. The average Bonchev–Trinajstić information content (AvgIpc) is 2.80. The number of aromatic nitrogens is 4. The van der Waals surface area contributed by atoms with E-state index in [4.69, 9.17) is 27.9 Å². The molecule has 2 aromatic heterocycles. The minimum absolute atomic E-state index is 0.246. The summed E-state index contributed by atoms with van der Waals surface area (Å²) in [5, 5.41) is 13.1. The van der Waals surface area contributed by atoms with Crippen molar-refractivity contribution < 1.29 is 4.74 Å². The Bertz CT molecular complexity index is 711. The summed E-state index contributed by atoms with van der Waals surface area (Å²) in [4.78, 5) is 0. The van der Waals surface area contributed by atoms with Gasteiger partial charge in [-0.05, 0) is 36.4 Å². The van der Waals surface area contributed by atoms with Crippen LogP contribution >= 0.6 is 23.2 Å². The summed E-state index contributed by atoms with van der Waals surface area (Å²) >= 11 is 11.6. The molecule has 0 saturated carbocycles. The predicted molar refractivity (Wildman–Crippen MR) is 71.6 cm³/mol. The first-order valence-electron chi connectivity index (χ1n) is 5.47. The molecule has 0 spiro atoms. The van der Waals surface area contributed by atoms with E-state index >= 15 is 0 Å². The highest BCUT2D eigenvalue weighted by atomic mass is 35.5. The lowest BCUT2D eigenvalue weighted by atomic mass is 10.3. The first-order valence-corrected chi connectivity index (χ1v) is 6.23. The van der Waals surface area contributed by atoms with Crippen LogP contribution < -0.4 is 4.74 Å². The van der Waals surface area contributed by atoms with Crippen LogP contribution in [0.15, 0.2) is 36.4 Å². The van der Waals surface area contributed by atoms with Gasteiger partial charge in [-0.25, -0.2) is 0 Å². The molecule has 0 atom stereocenters. The molecule has 0 aliphatic heterocycles. The zero-order valence-electron chi connectivity index (χ0n) is 9.62. The lowest BCUT2D eigenvalue weighted by Gasteiger charge is -2.04. The zero-order chi connectivity index (χ0) is 13.2. The monoisotopic (exact) mass is 294 g/mol. The molecule has 0 fully saturated rings. The molecule has 0 N–H and O–H groups in total. The van der Waals surface area contributed by atoms with E-state index in [2.05, 4.69) is 15.3 Å². The molecule has 0 bridgehead atoms. The number of halogens is 2. The van der Waals surface area contributed by atoms with E-state index in [0.29, 0.717) is 27.4 Å². The maximum absolute atomic E-state index is 5.84. The molecule has 0 amide bonds. The summed E-state index contributed by atoms with van der Waals surface area (Å²) in [5.74, 6) is 1.27. The molecule has 3 aromatic rings. The third kappa shape index (κ3) is 2.62. The Morgan fingerprint density at radius 2 is 1.79 bits per heavy atom. The second-order valence-corrected chi connectivity index (χ2v) is 4.61. The van der Waals surface area contributed by atoms with Gasteiger partial charge in [-0.2, -0.15) is 9.61 Å². The number of ether oxygens (including phenoxy) is 1. The molecule has 3 rings (SSSR count). The van der Waals surface area contributed by atoms with Gasteiger partial charge in [-0.15, -0.1) is 10.2 Å². The second kappa shape index (κ2) is 5.03. The normalized spacial score (nSPS) is 10.8. The third-order valence-electron chi connectivity index (χ3n) is 2.48. The van der Waals surface area contributed by atoms with Crippen LogP contribution in [-0.2, 0) is 6.61 Å². The van der Waals surface area contributed by atoms with Gasteiger partial charge in [0.2, 0.25) is 0 Å². The van der Waals surface area contributed by atoms with Crippen molar-refractivity contribution in [3.05, 3.63) is 52.4 Å². The molecule has 7 heteroatoms. The third-order valence-corrected chi connectivity index (χ3v) is 2.93. The Morgan fingerprint density at radius 1 is 1.00 bits per heavy atom. The van der Waals surface area contributed by atoms with E-state index in [1.165, 1.54) is 0 Å². The van der Waals surface area contributed by atoms with Crippen LogP contribution in [0.2, 0.25) is 10.2 Å². The second-order valence-electron chi connectivity index (χ2n) is 3.78. The summed E-state index contributed by atoms with van der Waals surface area (Å²) in [6.07, 6.45) is 0. The van der Waals surface area contributed by atoms with Gasteiger partial charge in [0.25, 0.3) is 0 Å². The molecule has 19 heavy (non-hydrogen) atoms. The summed E-state index contributed by atoms with van der Waals surface area (Å²) in [5.41, 5.74) is 0.624. The molecule has 0 unspecified atom stereocenters. The summed E-state index contributed by atoms with van der Waals surface area (Å²) in [7, 11) is 0. The lowest BCUT2D eigenvalue weighted by molar-refractivity contribution is 0.292. The molecule has 96 valence electrons. The van der Waals surface area contributed by atoms with Crippen LogP contribution in [-0.4, -0.2) is 19.8 Å². The smallest absolute Gasteiger partial charge is 0.192 e. The highest BCUT2D eigenvalue weighted by Crippen LogP contribution is 2.16. The number of hydrogen-bond donors (Lipinski definition) is 0. The van der Waals surface area contributed by atoms with E-state index in [1.54, 1.807) is 40.9 Å². The molecule has 0 radical (unpaired) electrons. The molecular formula is C12H8Cl2N4O. The van der Waals surface area contributed by atoms with Crippen molar-refractivity contribution in [1.29, 1.82) is 0 Å². The Kier molecular flexibility index (Phi) is 3.23. The minimum Gasteiger partial charge on any atom is -0.486 e. The van der Waals surface area contributed by atoms with Crippen molar-refractivity contribution in [3.63, 3.8) is 0 Å². The number of nitrogens with zero attached hydrogens (tertiary/aromatic N) is 4. The van der Waals surface area contributed by atoms with Gasteiger partial charge < -0.3 is 4.74 Å². The highest BCUT2D eigenvalue weighted by molar-refractivity contribution is 6.30. The zero-order valence-corrected chi connectivity index (χ0v) is 11.1. The van der Waals surface area contributed by atoms with Crippen LogP contribution in [0.5, 0.6) is 5.75 Å². The standard InChI is InChI=1S/C12H8Cl2N4O/c13-8-1-3-9(4-2-8)19-7-12-16-15-11-6-5-10(14)17-18(11)12/h1-6H,7H2. The molecule has 0 saturated heterocycles. The van der Waals surface area contributed by atoms with E-state index in [1.807, 2.05) is 0 Å². The van der Waals surface area contributed by atoms with Gasteiger partial charge in [0.15, 0.2) is 11.5 Å². The summed E-state index contributed by atoms with van der Waals surface area (Å²) < 4.78 is 7.14. The first-order chi connectivity index (χ1) is 9.22. The fourth-order valence-electron chi connectivity index (χ4n) is 1.58. The molecule has 2 heterocycles. The summed E-state index contributed by atoms with van der Waals surface area (Å²) in [6.45, 7) is 0.246. The van der Waals surface area contributed by atoms with Gasteiger partial charge in [0, 0.05) is 5.02 Å². The molecule has 5 nitrogen and oxygen atoms in total. The van der Waals surface area contributed by atoms with Crippen LogP contribution in [0.4, 0.5) is 0 Å². The van der Waals surface area contributed by atoms with Gasteiger partial charge in [0.05, 0.1) is 0 Å². The topological polar surface area (TPSA) is 52.3 Å². The number of rotatable bonds is 3. The maximum atomic E-state index is 5.84. The molecular weight excluding hydrogens is 287 g/mol. The lowest BCUT2D eigenvalue weighted by Crippen LogP contribution is -2.03.